The Morgan fingerprint density at radius 2 is 1.94 bits per heavy atom. The zero-order valence-electron chi connectivity index (χ0n) is 8.79. The SMILES string of the molecule is O=C(NC([Se])=Nc1ccccc1)c1cccs1. The van der Waals surface area contributed by atoms with Crippen molar-refractivity contribution in [3.05, 3.63) is 52.7 Å². The summed E-state index contributed by atoms with van der Waals surface area (Å²) in [5.74, 6) is -0.145. The van der Waals surface area contributed by atoms with Gasteiger partial charge < -0.3 is 0 Å². The second-order valence-corrected chi connectivity index (χ2v) is 4.94. The van der Waals surface area contributed by atoms with Crippen LogP contribution in [0.4, 0.5) is 5.69 Å². The standard InChI is InChI=1S/C12H9N2OSSe/c15-11(10-7-4-8-16-10)14-12(17)13-9-5-2-1-3-6-9/h1-8H,(H,13,14,15). The van der Waals surface area contributed by atoms with Gasteiger partial charge in [0.25, 0.3) is 0 Å². The molecule has 0 atom stereocenters. The summed E-state index contributed by atoms with van der Waals surface area (Å²) in [7, 11) is 0. The summed E-state index contributed by atoms with van der Waals surface area (Å²) in [4.78, 5) is 16.6. The summed E-state index contributed by atoms with van der Waals surface area (Å²) in [5, 5.41) is 4.56. The van der Waals surface area contributed by atoms with Crippen LogP contribution in [0.1, 0.15) is 9.67 Å². The van der Waals surface area contributed by atoms with E-state index in [-0.39, 0.29) is 5.91 Å². The van der Waals surface area contributed by atoms with Crippen LogP contribution in [0, 0.1) is 0 Å². The van der Waals surface area contributed by atoms with Gasteiger partial charge in [0, 0.05) is 0 Å². The quantitative estimate of drug-likeness (QED) is 0.516. The van der Waals surface area contributed by atoms with Gasteiger partial charge in [-0.3, -0.25) is 0 Å². The van der Waals surface area contributed by atoms with E-state index in [1.165, 1.54) is 11.3 Å². The first-order valence-corrected chi connectivity index (χ1v) is 6.65. The Labute approximate surface area is 111 Å². The summed E-state index contributed by atoms with van der Waals surface area (Å²) in [6.45, 7) is 0. The maximum atomic E-state index is 11.7. The maximum absolute atomic E-state index is 11.7. The number of benzene rings is 1. The molecule has 0 unspecified atom stereocenters. The first kappa shape index (κ1) is 12.0. The zero-order chi connectivity index (χ0) is 12.1. The molecule has 0 fully saturated rings. The van der Waals surface area contributed by atoms with Crippen molar-refractivity contribution in [1.82, 2.24) is 5.32 Å². The van der Waals surface area contributed by atoms with Crippen molar-refractivity contribution in [2.75, 3.05) is 0 Å². The number of carbonyl (C=O) groups is 1. The first-order valence-electron chi connectivity index (χ1n) is 4.91. The van der Waals surface area contributed by atoms with Gasteiger partial charge in [-0.2, -0.15) is 0 Å². The number of hydrogen-bond donors (Lipinski definition) is 1. The zero-order valence-corrected chi connectivity index (χ0v) is 11.3. The molecular formula is C12H9N2OSSe. The third kappa shape index (κ3) is 3.53. The molecule has 3 nitrogen and oxygen atoms in total. The number of nitrogens with zero attached hydrogens (tertiary/aromatic N) is 1. The number of amidine groups is 1. The van der Waals surface area contributed by atoms with E-state index in [2.05, 4.69) is 26.3 Å². The second kappa shape index (κ2) is 5.77. The molecule has 85 valence electrons. The van der Waals surface area contributed by atoms with Crippen LogP contribution < -0.4 is 5.32 Å². The summed E-state index contributed by atoms with van der Waals surface area (Å²) in [6.07, 6.45) is 0. The van der Waals surface area contributed by atoms with E-state index >= 15 is 0 Å². The average Bonchev–Trinajstić information content (AvgIpc) is 2.83. The van der Waals surface area contributed by atoms with Crippen molar-refractivity contribution in [1.29, 1.82) is 0 Å². The molecule has 1 heterocycles. The molecule has 0 aliphatic heterocycles. The molecule has 17 heavy (non-hydrogen) atoms. The van der Waals surface area contributed by atoms with Crippen molar-refractivity contribution in [3.63, 3.8) is 0 Å². The molecule has 1 N–H and O–H groups in total. The third-order valence-electron chi connectivity index (χ3n) is 1.95. The van der Waals surface area contributed by atoms with Crippen LogP contribution in [-0.4, -0.2) is 26.7 Å². The van der Waals surface area contributed by atoms with Crippen molar-refractivity contribution < 1.29 is 4.79 Å². The van der Waals surface area contributed by atoms with Gasteiger partial charge in [-0.1, -0.05) is 0 Å². The summed E-state index contributed by atoms with van der Waals surface area (Å²) < 4.78 is 0.467. The molecule has 0 bridgehead atoms. The Balaban J connectivity index is 2.05. The molecule has 0 aliphatic carbocycles. The van der Waals surface area contributed by atoms with E-state index < -0.39 is 0 Å². The number of amides is 1. The monoisotopic (exact) mass is 309 g/mol. The number of para-hydroxylation sites is 1. The van der Waals surface area contributed by atoms with E-state index in [0.717, 1.165) is 5.69 Å². The predicted molar refractivity (Wildman–Crippen MR) is 71.1 cm³/mol. The van der Waals surface area contributed by atoms with Gasteiger partial charge >= 0.3 is 112 Å². The first-order chi connectivity index (χ1) is 8.25. The molecule has 2 rings (SSSR count). The number of thiophene rings is 1. The minimum atomic E-state index is -0.145. The summed E-state index contributed by atoms with van der Waals surface area (Å²) in [5.41, 5.74) is 0.799. The van der Waals surface area contributed by atoms with Crippen molar-refractivity contribution in [2.45, 2.75) is 0 Å². The van der Waals surface area contributed by atoms with Crippen LogP contribution in [-0.2, 0) is 0 Å². The Hall–Kier alpha value is -1.42. The van der Waals surface area contributed by atoms with Crippen LogP contribution in [0.15, 0.2) is 52.8 Å². The molecule has 1 amide bonds. The van der Waals surface area contributed by atoms with E-state index in [0.29, 0.717) is 9.61 Å². The molecular weight excluding hydrogens is 299 g/mol. The number of rotatable bonds is 2. The summed E-state index contributed by atoms with van der Waals surface area (Å²) >= 11 is 4.14. The minimum absolute atomic E-state index is 0.145. The van der Waals surface area contributed by atoms with Crippen molar-refractivity contribution in [3.8, 4) is 0 Å². The van der Waals surface area contributed by atoms with E-state index in [4.69, 9.17) is 0 Å². The molecule has 2 aromatic rings. The van der Waals surface area contributed by atoms with Gasteiger partial charge in [-0.25, -0.2) is 0 Å². The second-order valence-electron chi connectivity index (χ2n) is 3.18. The van der Waals surface area contributed by atoms with Crippen LogP contribution in [0.5, 0.6) is 0 Å². The molecule has 1 radical (unpaired) electrons. The van der Waals surface area contributed by atoms with Gasteiger partial charge in [0.15, 0.2) is 0 Å². The molecule has 5 heteroatoms. The molecule has 0 saturated heterocycles. The van der Waals surface area contributed by atoms with Crippen LogP contribution in [0.3, 0.4) is 0 Å². The number of aliphatic imine (C=N–C) groups is 1. The average molecular weight is 308 g/mol. The normalized spacial score (nSPS) is 11.2. The number of carbonyl (C=O) groups excluding carboxylic acids is 1. The number of nitrogens with one attached hydrogen (secondary N) is 1. The Morgan fingerprint density at radius 1 is 1.18 bits per heavy atom. The fraction of sp³-hybridized carbons (Fsp3) is 0. The fourth-order valence-electron chi connectivity index (χ4n) is 1.21. The fourth-order valence-corrected chi connectivity index (χ4v) is 2.25. The topological polar surface area (TPSA) is 41.5 Å². The molecule has 0 spiro atoms. The molecule has 1 aromatic carbocycles. The van der Waals surface area contributed by atoms with Crippen LogP contribution in [0.2, 0.25) is 0 Å². The third-order valence-corrected chi connectivity index (χ3v) is 3.23. The van der Waals surface area contributed by atoms with Gasteiger partial charge in [0.05, 0.1) is 0 Å². The van der Waals surface area contributed by atoms with Crippen molar-refractivity contribution in [2.24, 2.45) is 4.99 Å². The Morgan fingerprint density at radius 3 is 2.59 bits per heavy atom. The summed E-state index contributed by atoms with van der Waals surface area (Å²) in [6, 6.07) is 13.1. The van der Waals surface area contributed by atoms with E-state index in [9.17, 15) is 4.79 Å². The number of hydrogen-bond acceptors (Lipinski definition) is 3. The van der Waals surface area contributed by atoms with Crippen molar-refractivity contribution >= 4 is 43.7 Å². The predicted octanol–water partition coefficient (Wildman–Crippen LogP) is 2.33. The van der Waals surface area contributed by atoms with E-state index in [1.54, 1.807) is 6.07 Å². The van der Waals surface area contributed by atoms with Crippen LogP contribution in [0.25, 0.3) is 0 Å². The van der Waals surface area contributed by atoms with Crippen LogP contribution >= 0.6 is 11.3 Å². The Kier molecular flexibility index (Phi) is 4.09. The molecule has 0 saturated carbocycles. The van der Waals surface area contributed by atoms with Gasteiger partial charge in [-0.05, 0) is 0 Å². The Bertz CT molecular complexity index is 523. The van der Waals surface area contributed by atoms with E-state index in [1.807, 2.05) is 41.8 Å². The van der Waals surface area contributed by atoms with Gasteiger partial charge in [0.2, 0.25) is 0 Å². The van der Waals surface area contributed by atoms with Gasteiger partial charge in [0.1, 0.15) is 0 Å². The molecule has 0 aliphatic rings. The molecule has 1 aromatic heterocycles. The van der Waals surface area contributed by atoms with Gasteiger partial charge in [-0.15, -0.1) is 0 Å².